The summed E-state index contributed by atoms with van der Waals surface area (Å²) in [7, 11) is 0.400. The lowest BCUT2D eigenvalue weighted by Gasteiger charge is -2.28. The average molecular weight is 457 g/mol. The molecule has 0 radical (unpaired) electrons. The molecule has 168 valence electrons. The minimum absolute atomic E-state index is 0.278. The monoisotopic (exact) mass is 456 g/mol. The van der Waals surface area contributed by atoms with Gasteiger partial charge in [0, 0.05) is 34.4 Å². The van der Waals surface area contributed by atoms with Crippen LogP contribution in [0.25, 0.3) is 44.1 Å². The van der Waals surface area contributed by atoms with Crippen LogP contribution in [0.15, 0.2) is 59.0 Å². The standard InChI is InChI=1S/C29H31FNOSi/c1-17(2)33(6,7)27-16-25(31(5)24-11-9-8-10-22(24)27)28-19(4)18(3)14-23-21-13-12-20(30)15-26(21)32-29(23)28/h8-17H,1-7H3/q+1. The second kappa shape index (κ2) is 7.52. The maximum Gasteiger partial charge on any atom is 0.216 e. The van der Waals surface area contributed by atoms with Crippen LogP contribution in [-0.4, -0.2) is 8.07 Å². The van der Waals surface area contributed by atoms with Crippen LogP contribution >= 0.6 is 0 Å². The minimum Gasteiger partial charge on any atom is -0.455 e. The molecule has 0 saturated carbocycles. The summed E-state index contributed by atoms with van der Waals surface area (Å²) >= 11 is 0. The van der Waals surface area contributed by atoms with Gasteiger partial charge in [-0.2, -0.15) is 4.57 Å². The summed E-state index contributed by atoms with van der Waals surface area (Å²) < 4.78 is 22.6. The Labute approximate surface area is 195 Å². The second-order valence-electron chi connectivity index (χ2n) is 10.2. The number of hydrogen-bond acceptors (Lipinski definition) is 1. The molecule has 0 aliphatic heterocycles. The van der Waals surface area contributed by atoms with Gasteiger partial charge in [-0.05, 0) is 60.0 Å². The van der Waals surface area contributed by atoms with Crippen molar-refractivity contribution in [2.45, 2.75) is 46.3 Å². The molecule has 0 fully saturated rings. The van der Waals surface area contributed by atoms with Gasteiger partial charge in [-0.1, -0.05) is 39.1 Å². The predicted molar refractivity (Wildman–Crippen MR) is 139 cm³/mol. The molecule has 0 aliphatic rings. The van der Waals surface area contributed by atoms with E-state index >= 15 is 0 Å². The fourth-order valence-corrected chi connectivity index (χ4v) is 6.98. The molecule has 0 amide bonds. The van der Waals surface area contributed by atoms with E-state index in [0.29, 0.717) is 11.1 Å². The Balaban J connectivity index is 1.96. The third-order valence-electron chi connectivity index (χ3n) is 7.84. The molecule has 33 heavy (non-hydrogen) atoms. The van der Waals surface area contributed by atoms with Crippen LogP contribution in [0.5, 0.6) is 0 Å². The molecular formula is C29H31FNOSi+. The molecule has 0 N–H and O–H groups in total. The number of furan rings is 1. The smallest absolute Gasteiger partial charge is 0.216 e. The van der Waals surface area contributed by atoms with E-state index in [2.05, 4.69) is 88.8 Å². The van der Waals surface area contributed by atoms with Crippen molar-refractivity contribution in [3.05, 3.63) is 71.5 Å². The summed E-state index contributed by atoms with van der Waals surface area (Å²) in [5, 5.41) is 4.80. The molecule has 2 heterocycles. The first-order valence-corrected chi connectivity index (χ1v) is 14.7. The fourth-order valence-electron chi connectivity index (χ4n) is 4.94. The normalized spacial score (nSPS) is 12.5. The molecule has 0 saturated heterocycles. The van der Waals surface area contributed by atoms with Gasteiger partial charge in [0.15, 0.2) is 0 Å². The Morgan fingerprint density at radius 1 is 0.909 bits per heavy atom. The van der Waals surface area contributed by atoms with Gasteiger partial charge in [0.25, 0.3) is 0 Å². The van der Waals surface area contributed by atoms with Gasteiger partial charge in [-0.15, -0.1) is 0 Å². The molecule has 2 aromatic heterocycles. The third kappa shape index (κ3) is 3.23. The van der Waals surface area contributed by atoms with Gasteiger partial charge in [-0.3, -0.25) is 0 Å². The number of pyridine rings is 1. The lowest BCUT2D eigenvalue weighted by Crippen LogP contribution is -2.47. The van der Waals surface area contributed by atoms with Crippen molar-refractivity contribution in [2.24, 2.45) is 7.05 Å². The molecular weight excluding hydrogens is 425 g/mol. The van der Waals surface area contributed by atoms with Crippen molar-refractivity contribution in [3.63, 3.8) is 0 Å². The van der Waals surface area contributed by atoms with Crippen LogP contribution in [0, 0.1) is 19.7 Å². The lowest BCUT2D eigenvalue weighted by molar-refractivity contribution is -0.633. The molecule has 3 aromatic carbocycles. The molecule has 5 aromatic rings. The van der Waals surface area contributed by atoms with E-state index in [1.54, 1.807) is 0 Å². The van der Waals surface area contributed by atoms with Gasteiger partial charge >= 0.3 is 0 Å². The molecule has 4 heteroatoms. The maximum atomic E-state index is 14.0. The molecule has 0 aliphatic carbocycles. The predicted octanol–water partition coefficient (Wildman–Crippen LogP) is 7.31. The Kier molecular flexibility index (Phi) is 4.98. The largest absolute Gasteiger partial charge is 0.455 e. The van der Waals surface area contributed by atoms with Crippen LogP contribution in [-0.2, 0) is 7.05 Å². The van der Waals surface area contributed by atoms with Crippen LogP contribution in [0.2, 0.25) is 18.6 Å². The highest BCUT2D eigenvalue weighted by molar-refractivity contribution is 6.92. The molecule has 0 atom stereocenters. The second-order valence-corrected chi connectivity index (χ2v) is 15.3. The zero-order chi connectivity index (χ0) is 23.7. The van der Waals surface area contributed by atoms with E-state index in [1.807, 2.05) is 6.07 Å². The molecule has 0 spiro atoms. The fraction of sp³-hybridized carbons (Fsp3) is 0.276. The van der Waals surface area contributed by atoms with Crippen molar-refractivity contribution < 1.29 is 13.4 Å². The number of rotatable bonds is 3. The Morgan fingerprint density at radius 2 is 1.64 bits per heavy atom. The average Bonchev–Trinajstić information content (AvgIpc) is 3.12. The molecule has 0 unspecified atom stereocenters. The van der Waals surface area contributed by atoms with Gasteiger partial charge in [0.2, 0.25) is 11.2 Å². The lowest BCUT2D eigenvalue weighted by atomic mass is 9.96. The van der Waals surface area contributed by atoms with Crippen LogP contribution in [0.4, 0.5) is 4.39 Å². The number of aryl methyl sites for hydroxylation is 2. The first-order chi connectivity index (χ1) is 15.6. The summed E-state index contributed by atoms with van der Waals surface area (Å²) in [5.74, 6) is -0.278. The van der Waals surface area contributed by atoms with Crippen molar-refractivity contribution in [3.8, 4) is 11.3 Å². The van der Waals surface area contributed by atoms with E-state index < -0.39 is 8.07 Å². The van der Waals surface area contributed by atoms with Crippen molar-refractivity contribution in [2.75, 3.05) is 0 Å². The van der Waals surface area contributed by atoms with Gasteiger partial charge in [-0.25, -0.2) is 4.39 Å². The minimum atomic E-state index is -1.74. The highest BCUT2D eigenvalue weighted by atomic mass is 28.3. The maximum absolute atomic E-state index is 14.0. The topological polar surface area (TPSA) is 17.0 Å². The third-order valence-corrected chi connectivity index (χ3v) is 12.5. The van der Waals surface area contributed by atoms with Gasteiger partial charge in [0.05, 0.1) is 13.6 Å². The van der Waals surface area contributed by atoms with Crippen molar-refractivity contribution >= 4 is 46.1 Å². The Hall–Kier alpha value is -2.98. The van der Waals surface area contributed by atoms with Gasteiger partial charge in [0.1, 0.15) is 24.0 Å². The molecule has 0 bridgehead atoms. The number of para-hydroxylation sites is 1. The quantitative estimate of drug-likeness (QED) is 0.205. The van der Waals surface area contributed by atoms with E-state index in [-0.39, 0.29) is 5.82 Å². The number of fused-ring (bicyclic) bond motifs is 4. The number of halogens is 1. The van der Waals surface area contributed by atoms with Crippen LogP contribution in [0.3, 0.4) is 0 Å². The Bertz CT molecular complexity index is 1560. The van der Waals surface area contributed by atoms with E-state index in [4.69, 9.17) is 4.42 Å². The highest BCUT2D eigenvalue weighted by Gasteiger charge is 2.33. The number of benzene rings is 3. The first kappa shape index (κ1) is 21.8. The zero-order valence-electron chi connectivity index (χ0n) is 20.5. The number of nitrogens with zero attached hydrogens (tertiary/aromatic N) is 1. The van der Waals surface area contributed by atoms with E-state index in [1.165, 1.54) is 39.3 Å². The summed E-state index contributed by atoms with van der Waals surface area (Å²) in [4.78, 5) is 0. The van der Waals surface area contributed by atoms with E-state index in [9.17, 15) is 4.39 Å². The zero-order valence-corrected chi connectivity index (χ0v) is 21.5. The first-order valence-electron chi connectivity index (χ1n) is 11.7. The Morgan fingerprint density at radius 3 is 2.36 bits per heavy atom. The van der Waals surface area contributed by atoms with Crippen molar-refractivity contribution in [1.82, 2.24) is 0 Å². The summed E-state index contributed by atoms with van der Waals surface area (Å²) in [6.07, 6.45) is 0. The molecule has 5 rings (SSSR count). The van der Waals surface area contributed by atoms with E-state index in [0.717, 1.165) is 27.6 Å². The highest BCUT2D eigenvalue weighted by Crippen LogP contribution is 2.39. The summed E-state index contributed by atoms with van der Waals surface area (Å²) in [6.45, 7) is 13.9. The van der Waals surface area contributed by atoms with Crippen molar-refractivity contribution in [1.29, 1.82) is 0 Å². The van der Waals surface area contributed by atoms with Gasteiger partial charge < -0.3 is 4.42 Å². The summed E-state index contributed by atoms with van der Waals surface area (Å²) in [6, 6.07) is 18.1. The van der Waals surface area contributed by atoms with Crippen LogP contribution in [0.1, 0.15) is 25.0 Å². The number of aromatic nitrogens is 1. The number of hydrogen-bond donors (Lipinski definition) is 0. The van der Waals surface area contributed by atoms with Crippen LogP contribution < -0.4 is 9.75 Å². The summed E-state index contributed by atoms with van der Waals surface area (Å²) in [5.41, 5.74) is 7.91. The molecule has 2 nitrogen and oxygen atoms in total. The SMILES string of the molecule is Cc1cc2c(oc3cc(F)ccc32)c(-c2cc([Si](C)(C)C(C)C)c3ccccc3[n+]2C)c1C.